The maximum Gasteiger partial charge on any atom is 0.259 e. The summed E-state index contributed by atoms with van der Waals surface area (Å²) in [5.41, 5.74) is 2.78. The van der Waals surface area contributed by atoms with Crippen molar-refractivity contribution in [3.63, 3.8) is 0 Å². The average molecular weight is 649 g/mol. The van der Waals surface area contributed by atoms with Crippen LogP contribution >= 0.6 is 0 Å². The Hall–Kier alpha value is -5.26. The minimum atomic E-state index is -0.123. The molecule has 0 saturated carbocycles. The van der Waals surface area contributed by atoms with Gasteiger partial charge in [0, 0.05) is 75.1 Å². The van der Waals surface area contributed by atoms with E-state index in [-0.39, 0.29) is 17.7 Å². The summed E-state index contributed by atoms with van der Waals surface area (Å²) in [4.78, 5) is 41.1. The second-order valence-electron chi connectivity index (χ2n) is 12.4. The summed E-state index contributed by atoms with van der Waals surface area (Å²) in [6.45, 7) is 5.70. The van der Waals surface area contributed by atoms with Crippen LogP contribution in [0, 0.1) is 12.8 Å². The van der Waals surface area contributed by atoms with Gasteiger partial charge in [0.1, 0.15) is 40.7 Å². The highest BCUT2D eigenvalue weighted by atomic mass is 16.5. The van der Waals surface area contributed by atoms with Gasteiger partial charge < -0.3 is 23.6 Å². The van der Waals surface area contributed by atoms with Gasteiger partial charge in [-0.05, 0) is 44.7 Å². The van der Waals surface area contributed by atoms with Crippen LogP contribution in [-0.4, -0.2) is 83.9 Å². The van der Waals surface area contributed by atoms with Crippen molar-refractivity contribution in [1.29, 1.82) is 0 Å². The van der Waals surface area contributed by atoms with E-state index in [9.17, 15) is 9.59 Å². The Labute approximate surface area is 279 Å². The minimum Gasteiger partial charge on any atom is -0.494 e. The fraction of sp³-hybridized carbons (Fsp3) is 0.389. The van der Waals surface area contributed by atoms with Crippen molar-refractivity contribution in [2.45, 2.75) is 52.1 Å². The lowest BCUT2D eigenvalue weighted by atomic mass is 9.96. The number of ether oxygens (including phenoxy) is 1. The first-order valence-corrected chi connectivity index (χ1v) is 16.8. The Bertz CT molecular complexity index is 1860. The van der Waals surface area contributed by atoms with Crippen LogP contribution in [0.25, 0.3) is 22.6 Å². The zero-order valence-corrected chi connectivity index (χ0v) is 27.2. The molecule has 5 heterocycles. The summed E-state index contributed by atoms with van der Waals surface area (Å²) in [6, 6.07) is 17.6. The van der Waals surface area contributed by atoms with Gasteiger partial charge in [-0.2, -0.15) is 5.10 Å². The summed E-state index contributed by atoms with van der Waals surface area (Å²) >= 11 is 0. The van der Waals surface area contributed by atoms with Crippen molar-refractivity contribution in [2.24, 2.45) is 5.92 Å². The zero-order chi connectivity index (χ0) is 32.9. The molecule has 3 aromatic heterocycles. The van der Waals surface area contributed by atoms with Gasteiger partial charge in [-0.3, -0.25) is 14.3 Å². The van der Waals surface area contributed by atoms with Crippen molar-refractivity contribution in [3.05, 3.63) is 90.5 Å². The lowest BCUT2D eigenvalue weighted by molar-refractivity contribution is -0.136. The highest BCUT2D eigenvalue weighted by Gasteiger charge is 2.30. The highest BCUT2D eigenvalue weighted by molar-refractivity contribution is 6.00. The van der Waals surface area contributed by atoms with Crippen molar-refractivity contribution >= 4 is 11.8 Å². The van der Waals surface area contributed by atoms with Crippen LogP contribution in [0.2, 0.25) is 0 Å². The van der Waals surface area contributed by atoms with E-state index < -0.39 is 0 Å². The molecule has 2 bridgehead atoms. The second kappa shape index (κ2) is 14.2. The van der Waals surface area contributed by atoms with Crippen LogP contribution in [0.3, 0.4) is 0 Å². The molecule has 0 radical (unpaired) electrons. The first-order valence-electron chi connectivity index (χ1n) is 16.8. The summed E-state index contributed by atoms with van der Waals surface area (Å²) in [5, 5.41) is 8.55. The van der Waals surface area contributed by atoms with E-state index in [1.165, 1.54) is 0 Å². The molecule has 1 atom stereocenters. The zero-order valence-electron chi connectivity index (χ0n) is 27.2. The Kier molecular flexibility index (Phi) is 9.30. The maximum absolute atomic E-state index is 14.3. The van der Waals surface area contributed by atoms with E-state index in [1.807, 2.05) is 75.3 Å². The molecule has 12 heteroatoms. The molecule has 248 valence electrons. The normalized spacial score (nSPS) is 17.6. The third-order valence-electron chi connectivity index (χ3n) is 9.25. The molecule has 7 rings (SSSR count). The molecule has 0 aliphatic carbocycles. The number of aryl methyl sites for hydroxylation is 2. The van der Waals surface area contributed by atoms with E-state index in [4.69, 9.17) is 9.26 Å². The third kappa shape index (κ3) is 6.73. The fourth-order valence-electron chi connectivity index (χ4n) is 6.68. The third-order valence-corrected chi connectivity index (χ3v) is 9.25. The molecule has 0 spiro atoms. The van der Waals surface area contributed by atoms with Gasteiger partial charge in [0.25, 0.3) is 5.91 Å². The van der Waals surface area contributed by atoms with Crippen molar-refractivity contribution in [1.82, 2.24) is 39.3 Å². The van der Waals surface area contributed by atoms with Crippen molar-refractivity contribution < 1.29 is 18.8 Å². The van der Waals surface area contributed by atoms with Crippen LogP contribution in [-0.2, 0) is 24.3 Å². The van der Waals surface area contributed by atoms with Crippen LogP contribution in [0.15, 0.2) is 77.8 Å². The summed E-state index contributed by atoms with van der Waals surface area (Å²) in [5.74, 6) is 2.81. The number of hydrogen-bond donors (Lipinski definition) is 0. The number of imidazole rings is 1. The first kappa shape index (κ1) is 31.3. The smallest absolute Gasteiger partial charge is 0.259 e. The Morgan fingerprint density at radius 3 is 2.54 bits per heavy atom. The van der Waals surface area contributed by atoms with Crippen LogP contribution in [0.1, 0.15) is 47.6 Å². The molecule has 2 amide bonds. The van der Waals surface area contributed by atoms with Crippen molar-refractivity contribution in [3.8, 4) is 28.4 Å². The molecule has 0 fully saturated rings. The molecule has 1 unspecified atom stereocenters. The van der Waals surface area contributed by atoms with Gasteiger partial charge in [-0.1, -0.05) is 47.6 Å². The molecular formula is C36H40N8O4. The van der Waals surface area contributed by atoms with Gasteiger partial charge in [-0.15, -0.1) is 0 Å². The van der Waals surface area contributed by atoms with Crippen LogP contribution in [0.4, 0.5) is 0 Å². The number of fused-ring (bicyclic) bond motifs is 5. The Morgan fingerprint density at radius 1 is 0.854 bits per heavy atom. The molecule has 2 aromatic carbocycles. The largest absolute Gasteiger partial charge is 0.494 e. The molecule has 2 aliphatic rings. The number of carbonyl (C=O) groups excluding carboxylic acids is 2. The quantitative estimate of drug-likeness (QED) is 0.271. The number of amides is 2. The Balaban J connectivity index is 1.14. The van der Waals surface area contributed by atoms with E-state index in [2.05, 4.69) is 24.8 Å². The molecule has 48 heavy (non-hydrogen) atoms. The lowest BCUT2D eigenvalue weighted by Crippen LogP contribution is -2.41. The van der Waals surface area contributed by atoms with Gasteiger partial charge in [-0.25, -0.2) is 9.97 Å². The number of rotatable bonds is 3. The monoisotopic (exact) mass is 648 g/mol. The summed E-state index contributed by atoms with van der Waals surface area (Å²) < 4.78 is 15.7. The summed E-state index contributed by atoms with van der Waals surface area (Å²) in [7, 11) is 0. The standard InChI is InChI=1S/C36H40N8O4/c1-26-32(33(40-48-26)27-9-3-2-4-10-27)36(46)43-16-6-5-15-42(35(45)29-13-18-44-31(24-29)38-25-39-44)17-8-22-47-30-12-7-11-28(23-30)34-37-14-19-41(34)20-21-43/h2-4,7,9-12,14,19,23,25,29H,5-6,8,13,15-18,20-22,24H2,1H3. The number of nitrogens with zero attached hydrogens (tertiary/aromatic N) is 8. The molecule has 0 N–H and O–H groups in total. The Morgan fingerprint density at radius 2 is 1.67 bits per heavy atom. The molecule has 12 nitrogen and oxygen atoms in total. The van der Waals surface area contributed by atoms with Crippen molar-refractivity contribution in [2.75, 3.05) is 32.8 Å². The van der Waals surface area contributed by atoms with Gasteiger partial charge in [0.05, 0.1) is 6.61 Å². The summed E-state index contributed by atoms with van der Waals surface area (Å²) in [6.07, 6.45) is 8.81. The number of carbonyl (C=O) groups is 2. The maximum atomic E-state index is 14.3. The van der Waals surface area contributed by atoms with E-state index >= 15 is 0 Å². The molecular weight excluding hydrogens is 608 g/mol. The minimum absolute atomic E-state index is 0.123. The first-order chi connectivity index (χ1) is 23.5. The number of benzene rings is 2. The van der Waals surface area contributed by atoms with E-state index in [1.54, 1.807) is 19.4 Å². The van der Waals surface area contributed by atoms with Crippen LogP contribution in [0.5, 0.6) is 5.75 Å². The number of hydrogen-bond acceptors (Lipinski definition) is 8. The average Bonchev–Trinajstić information content (AvgIpc) is 3.88. The fourth-order valence-corrected chi connectivity index (χ4v) is 6.68. The van der Waals surface area contributed by atoms with Gasteiger partial charge >= 0.3 is 0 Å². The van der Waals surface area contributed by atoms with Gasteiger partial charge in [0.15, 0.2) is 0 Å². The second-order valence-corrected chi connectivity index (χ2v) is 12.4. The molecule has 2 aliphatic heterocycles. The van der Waals surface area contributed by atoms with E-state index in [0.29, 0.717) is 75.7 Å². The van der Waals surface area contributed by atoms with Gasteiger partial charge in [0.2, 0.25) is 5.91 Å². The molecule has 0 saturated heterocycles. The topological polar surface area (TPSA) is 124 Å². The van der Waals surface area contributed by atoms with Crippen LogP contribution < -0.4 is 4.74 Å². The SMILES string of the molecule is Cc1onc(-c2ccccc2)c1C(=O)N1CCCCN(C(=O)C2CCn3ncnc3C2)CCCOc2cccc(c2)-c2nccn2CC1. The predicted octanol–water partition coefficient (Wildman–Crippen LogP) is 4.90. The number of aromatic nitrogens is 6. The van der Waals surface area contributed by atoms with E-state index in [0.717, 1.165) is 47.8 Å². The predicted molar refractivity (Wildman–Crippen MR) is 178 cm³/mol. The molecule has 5 aromatic rings. The lowest BCUT2D eigenvalue weighted by Gasteiger charge is -2.30. The highest BCUT2D eigenvalue weighted by Crippen LogP contribution is 2.28.